The van der Waals surface area contributed by atoms with Crippen LogP contribution in [0.4, 0.5) is 4.39 Å². The van der Waals surface area contributed by atoms with E-state index >= 15 is 0 Å². The van der Waals surface area contributed by atoms with Crippen LogP contribution in [-0.4, -0.2) is 11.5 Å². The Labute approximate surface area is 123 Å². The van der Waals surface area contributed by atoms with Crippen molar-refractivity contribution in [3.8, 4) is 0 Å². The summed E-state index contributed by atoms with van der Waals surface area (Å²) in [7, 11) is 0. The molecule has 0 amide bonds. The highest BCUT2D eigenvalue weighted by Gasteiger charge is 2.02. The standard InChI is InChI=1S/C18H17FN2/c19-17-9-2-1-5-16(17)13-20-12-10-15-7-3-6-14-8-4-11-21-18(14)15/h1-9,11,20H,10,12-13H2. The highest BCUT2D eigenvalue weighted by molar-refractivity contribution is 5.81. The lowest BCUT2D eigenvalue weighted by Gasteiger charge is -2.08. The molecule has 3 heteroatoms. The quantitative estimate of drug-likeness (QED) is 0.721. The van der Waals surface area contributed by atoms with Gasteiger partial charge in [-0.25, -0.2) is 4.39 Å². The van der Waals surface area contributed by atoms with Crippen LogP contribution in [0.3, 0.4) is 0 Å². The van der Waals surface area contributed by atoms with Crippen LogP contribution >= 0.6 is 0 Å². The van der Waals surface area contributed by atoms with E-state index in [4.69, 9.17) is 0 Å². The second-order valence-electron chi connectivity index (χ2n) is 5.01. The summed E-state index contributed by atoms with van der Waals surface area (Å²) in [6.07, 6.45) is 2.70. The van der Waals surface area contributed by atoms with Crippen molar-refractivity contribution in [2.45, 2.75) is 13.0 Å². The van der Waals surface area contributed by atoms with Gasteiger partial charge in [-0.2, -0.15) is 0 Å². The number of rotatable bonds is 5. The maximum Gasteiger partial charge on any atom is 0.127 e. The van der Waals surface area contributed by atoms with E-state index in [9.17, 15) is 4.39 Å². The van der Waals surface area contributed by atoms with Gasteiger partial charge < -0.3 is 5.32 Å². The topological polar surface area (TPSA) is 24.9 Å². The lowest BCUT2D eigenvalue weighted by molar-refractivity contribution is 0.588. The van der Waals surface area contributed by atoms with Crippen molar-refractivity contribution in [3.05, 3.63) is 77.7 Å². The van der Waals surface area contributed by atoms with Gasteiger partial charge in [0.2, 0.25) is 0 Å². The third-order valence-corrected chi connectivity index (χ3v) is 3.56. The molecule has 0 fully saturated rings. The van der Waals surface area contributed by atoms with E-state index in [1.807, 2.05) is 24.4 Å². The predicted octanol–water partition coefficient (Wildman–Crippen LogP) is 3.71. The molecule has 0 aliphatic rings. The zero-order valence-electron chi connectivity index (χ0n) is 11.7. The van der Waals surface area contributed by atoms with Crippen LogP contribution in [0.25, 0.3) is 10.9 Å². The van der Waals surface area contributed by atoms with E-state index in [0.717, 1.165) is 23.9 Å². The Morgan fingerprint density at radius 2 is 1.71 bits per heavy atom. The first kappa shape index (κ1) is 13.7. The molecule has 0 radical (unpaired) electrons. The SMILES string of the molecule is Fc1ccccc1CNCCc1cccc2cccnc12. The molecule has 0 aliphatic carbocycles. The molecular weight excluding hydrogens is 263 g/mol. The Kier molecular flexibility index (Phi) is 4.22. The summed E-state index contributed by atoms with van der Waals surface area (Å²) in [5.74, 6) is -0.156. The highest BCUT2D eigenvalue weighted by atomic mass is 19.1. The zero-order valence-corrected chi connectivity index (χ0v) is 11.7. The zero-order chi connectivity index (χ0) is 14.5. The first-order chi connectivity index (χ1) is 10.3. The molecule has 0 aliphatic heterocycles. The molecule has 0 spiro atoms. The van der Waals surface area contributed by atoms with Gasteiger partial charge in [-0.1, -0.05) is 42.5 Å². The summed E-state index contributed by atoms with van der Waals surface area (Å²) >= 11 is 0. The van der Waals surface area contributed by atoms with E-state index in [2.05, 4.69) is 34.6 Å². The van der Waals surface area contributed by atoms with Crippen molar-refractivity contribution in [2.75, 3.05) is 6.54 Å². The summed E-state index contributed by atoms with van der Waals surface area (Å²) in [5.41, 5.74) is 2.97. The fourth-order valence-corrected chi connectivity index (χ4v) is 2.46. The van der Waals surface area contributed by atoms with E-state index < -0.39 is 0 Å². The molecule has 3 aromatic rings. The van der Waals surface area contributed by atoms with Gasteiger partial charge in [0.15, 0.2) is 0 Å². The number of aromatic nitrogens is 1. The molecule has 1 heterocycles. The second kappa shape index (κ2) is 6.46. The first-order valence-electron chi connectivity index (χ1n) is 7.11. The number of fused-ring (bicyclic) bond motifs is 1. The van der Waals surface area contributed by atoms with Gasteiger partial charge in [0.25, 0.3) is 0 Å². The molecule has 2 nitrogen and oxygen atoms in total. The number of halogens is 1. The van der Waals surface area contributed by atoms with Gasteiger partial charge >= 0.3 is 0 Å². The Morgan fingerprint density at radius 1 is 0.905 bits per heavy atom. The molecule has 106 valence electrons. The number of hydrogen-bond acceptors (Lipinski definition) is 2. The van der Waals surface area contributed by atoms with Crippen LogP contribution in [0, 0.1) is 5.82 Å². The molecule has 1 N–H and O–H groups in total. The predicted molar refractivity (Wildman–Crippen MR) is 83.6 cm³/mol. The molecule has 0 unspecified atom stereocenters. The highest BCUT2D eigenvalue weighted by Crippen LogP contribution is 2.16. The number of nitrogens with one attached hydrogen (secondary N) is 1. The van der Waals surface area contributed by atoms with Gasteiger partial charge in [-0.05, 0) is 30.7 Å². The second-order valence-corrected chi connectivity index (χ2v) is 5.01. The smallest absolute Gasteiger partial charge is 0.127 e. The lowest BCUT2D eigenvalue weighted by Crippen LogP contribution is -2.17. The van der Waals surface area contributed by atoms with Crippen LogP contribution in [0.5, 0.6) is 0 Å². The van der Waals surface area contributed by atoms with Gasteiger partial charge in [0.1, 0.15) is 5.82 Å². The number of hydrogen-bond donors (Lipinski definition) is 1. The largest absolute Gasteiger partial charge is 0.312 e. The van der Waals surface area contributed by atoms with Gasteiger partial charge in [-0.15, -0.1) is 0 Å². The maximum absolute atomic E-state index is 13.5. The minimum absolute atomic E-state index is 0.156. The van der Waals surface area contributed by atoms with Crippen molar-refractivity contribution < 1.29 is 4.39 Å². The van der Waals surface area contributed by atoms with Gasteiger partial charge in [0.05, 0.1) is 5.52 Å². The minimum Gasteiger partial charge on any atom is -0.312 e. The molecule has 0 atom stereocenters. The van der Waals surface area contributed by atoms with Crippen LogP contribution in [0.15, 0.2) is 60.8 Å². The lowest BCUT2D eigenvalue weighted by atomic mass is 10.1. The summed E-state index contributed by atoms with van der Waals surface area (Å²) in [6, 6.07) is 17.1. The molecular formula is C18H17FN2. The maximum atomic E-state index is 13.5. The van der Waals surface area contributed by atoms with Crippen molar-refractivity contribution in [1.29, 1.82) is 0 Å². The Balaban J connectivity index is 1.61. The monoisotopic (exact) mass is 280 g/mol. The van der Waals surface area contributed by atoms with Crippen molar-refractivity contribution in [1.82, 2.24) is 10.3 Å². The first-order valence-corrected chi connectivity index (χ1v) is 7.11. The van der Waals surface area contributed by atoms with Crippen molar-refractivity contribution in [2.24, 2.45) is 0 Å². The number of benzene rings is 2. The normalized spacial score (nSPS) is 10.9. The van der Waals surface area contributed by atoms with Crippen molar-refractivity contribution in [3.63, 3.8) is 0 Å². The van der Waals surface area contributed by atoms with E-state index in [1.54, 1.807) is 6.07 Å². The summed E-state index contributed by atoms with van der Waals surface area (Å²) in [4.78, 5) is 4.44. The number of pyridine rings is 1. The van der Waals surface area contributed by atoms with E-state index in [0.29, 0.717) is 12.1 Å². The molecule has 2 aromatic carbocycles. The fraction of sp³-hybridized carbons (Fsp3) is 0.167. The average molecular weight is 280 g/mol. The minimum atomic E-state index is -0.156. The van der Waals surface area contributed by atoms with Crippen LogP contribution in [0.1, 0.15) is 11.1 Å². The average Bonchev–Trinajstić information content (AvgIpc) is 2.53. The molecule has 0 saturated carbocycles. The van der Waals surface area contributed by atoms with Crippen LogP contribution in [0.2, 0.25) is 0 Å². The van der Waals surface area contributed by atoms with Crippen LogP contribution in [-0.2, 0) is 13.0 Å². The third-order valence-electron chi connectivity index (χ3n) is 3.56. The Bertz CT molecular complexity index is 735. The molecule has 3 rings (SSSR count). The summed E-state index contributed by atoms with van der Waals surface area (Å²) in [5, 5.41) is 4.44. The third kappa shape index (κ3) is 3.26. The van der Waals surface area contributed by atoms with Crippen LogP contribution < -0.4 is 5.32 Å². The van der Waals surface area contributed by atoms with Gasteiger partial charge in [0, 0.05) is 23.7 Å². The Morgan fingerprint density at radius 3 is 2.62 bits per heavy atom. The van der Waals surface area contributed by atoms with Crippen molar-refractivity contribution >= 4 is 10.9 Å². The fourth-order valence-electron chi connectivity index (χ4n) is 2.46. The molecule has 1 aromatic heterocycles. The summed E-state index contributed by atoms with van der Waals surface area (Å²) in [6.45, 7) is 1.34. The number of para-hydroxylation sites is 1. The van der Waals surface area contributed by atoms with E-state index in [-0.39, 0.29) is 5.82 Å². The Hall–Kier alpha value is -2.26. The molecule has 21 heavy (non-hydrogen) atoms. The summed E-state index contributed by atoms with van der Waals surface area (Å²) < 4.78 is 13.5. The molecule has 0 saturated heterocycles. The van der Waals surface area contributed by atoms with Gasteiger partial charge in [-0.3, -0.25) is 4.98 Å². The number of nitrogens with zero attached hydrogens (tertiary/aromatic N) is 1. The molecule has 0 bridgehead atoms. The van der Waals surface area contributed by atoms with E-state index in [1.165, 1.54) is 11.6 Å².